The molecule has 0 unspecified atom stereocenters. The van der Waals surface area contributed by atoms with Crippen LogP contribution in [0.3, 0.4) is 0 Å². The van der Waals surface area contributed by atoms with Crippen LogP contribution in [0.2, 0.25) is 0 Å². The van der Waals surface area contributed by atoms with E-state index in [0.717, 1.165) is 5.69 Å². The molecule has 0 spiro atoms. The van der Waals surface area contributed by atoms with Crippen LogP contribution in [-0.2, 0) is 16.8 Å². The number of hydrogen-bond donors (Lipinski definition) is 1. The fourth-order valence-corrected chi connectivity index (χ4v) is 2.05. The zero-order valence-electron chi connectivity index (χ0n) is 10.6. The number of aromatic nitrogens is 1. The summed E-state index contributed by atoms with van der Waals surface area (Å²) in [6, 6.07) is 0. The molecule has 0 radical (unpaired) electrons. The summed E-state index contributed by atoms with van der Waals surface area (Å²) in [7, 11) is 0. The first kappa shape index (κ1) is 16.3. The first-order chi connectivity index (χ1) is 8.69. The third-order valence-corrected chi connectivity index (χ3v) is 3.42. The Kier molecular flexibility index (Phi) is 5.28. The Morgan fingerprint density at radius 3 is 2.58 bits per heavy atom. The zero-order chi connectivity index (χ0) is 14.7. The second-order valence-corrected chi connectivity index (χ2v) is 5.71. The molecule has 110 valence electrons. The largest absolute Gasteiger partial charge is 0.368 e. The van der Waals surface area contributed by atoms with Gasteiger partial charge >= 0.3 is 12.3 Å². The normalized spacial score (nSPS) is 13.3. The number of alkyl halides is 4. The second kappa shape index (κ2) is 6.15. The molecule has 0 amide bonds. The molecule has 1 heterocycles. The quantitative estimate of drug-likeness (QED) is 0.788. The van der Waals surface area contributed by atoms with Gasteiger partial charge in [-0.2, -0.15) is 8.78 Å². The Balaban J connectivity index is 2.52. The summed E-state index contributed by atoms with van der Waals surface area (Å²) in [4.78, 5) is 4.20. The lowest BCUT2D eigenvalue weighted by Crippen LogP contribution is -2.32. The van der Waals surface area contributed by atoms with Crippen molar-refractivity contribution in [2.45, 2.75) is 38.2 Å². The lowest BCUT2D eigenvalue weighted by molar-refractivity contribution is -0.168. The fraction of sp³-hybridized carbons (Fsp3) is 0.727. The minimum Gasteiger partial charge on any atom is -0.368 e. The summed E-state index contributed by atoms with van der Waals surface area (Å²) in [5, 5.41) is 2.22. The van der Waals surface area contributed by atoms with Crippen molar-refractivity contribution < 1.29 is 22.3 Å². The average Bonchev–Trinajstić information content (AvgIpc) is 2.78. The highest BCUT2D eigenvalue weighted by Gasteiger charge is 2.41. The topological polar surface area (TPSA) is 48.1 Å². The molecule has 19 heavy (non-hydrogen) atoms. The van der Waals surface area contributed by atoms with Crippen LogP contribution < -0.4 is 5.73 Å². The highest BCUT2D eigenvalue weighted by Crippen LogP contribution is 2.26. The van der Waals surface area contributed by atoms with Crippen LogP contribution in [-0.4, -0.2) is 30.5 Å². The van der Waals surface area contributed by atoms with Gasteiger partial charge in [-0.1, -0.05) is 13.8 Å². The summed E-state index contributed by atoms with van der Waals surface area (Å²) >= 11 is 1.23. The van der Waals surface area contributed by atoms with E-state index in [1.807, 2.05) is 13.8 Å². The van der Waals surface area contributed by atoms with Gasteiger partial charge in [0.25, 0.3) is 0 Å². The van der Waals surface area contributed by atoms with Crippen molar-refractivity contribution in [2.24, 2.45) is 5.73 Å². The number of hydrogen-bond acceptors (Lipinski definition) is 4. The Labute approximate surface area is 112 Å². The van der Waals surface area contributed by atoms with Crippen molar-refractivity contribution >= 4 is 11.3 Å². The van der Waals surface area contributed by atoms with Gasteiger partial charge in [-0.15, -0.1) is 11.3 Å². The Hall–Kier alpha value is -0.730. The fourth-order valence-electron chi connectivity index (χ4n) is 1.13. The number of ether oxygens (including phenoxy) is 1. The van der Waals surface area contributed by atoms with E-state index in [4.69, 9.17) is 5.73 Å². The van der Waals surface area contributed by atoms with E-state index in [0.29, 0.717) is 11.6 Å². The van der Waals surface area contributed by atoms with Crippen LogP contribution in [0.1, 0.15) is 24.5 Å². The molecule has 1 rings (SSSR count). The minimum atomic E-state index is -4.13. The van der Waals surface area contributed by atoms with Gasteiger partial charge in [-0.25, -0.2) is 13.8 Å². The minimum absolute atomic E-state index is 0.215. The molecule has 3 nitrogen and oxygen atoms in total. The number of nitrogens with two attached hydrogens (primary N) is 1. The van der Waals surface area contributed by atoms with E-state index in [1.165, 1.54) is 11.3 Å². The molecule has 0 aromatic carbocycles. The van der Waals surface area contributed by atoms with Crippen LogP contribution >= 0.6 is 11.3 Å². The molecule has 1 aromatic rings. The molecular formula is C11H16F4N2OS. The SMILES string of the molecule is CC(C)(CN)c1csc(COCC(F)(F)C(F)F)n1. The lowest BCUT2D eigenvalue weighted by Gasteiger charge is -2.19. The monoisotopic (exact) mass is 300 g/mol. The molecule has 0 aliphatic heterocycles. The van der Waals surface area contributed by atoms with Crippen LogP contribution in [0.4, 0.5) is 17.6 Å². The summed E-state index contributed by atoms with van der Waals surface area (Å²) in [6.45, 7) is 2.66. The molecule has 2 N–H and O–H groups in total. The van der Waals surface area contributed by atoms with Crippen LogP contribution in [0.25, 0.3) is 0 Å². The van der Waals surface area contributed by atoms with Crippen molar-refractivity contribution in [3.05, 3.63) is 16.1 Å². The van der Waals surface area contributed by atoms with Gasteiger partial charge in [0.2, 0.25) is 0 Å². The lowest BCUT2D eigenvalue weighted by atomic mass is 9.90. The molecule has 0 saturated carbocycles. The first-order valence-corrected chi connectivity index (χ1v) is 6.45. The van der Waals surface area contributed by atoms with E-state index in [2.05, 4.69) is 9.72 Å². The Morgan fingerprint density at radius 2 is 2.05 bits per heavy atom. The predicted molar refractivity (Wildman–Crippen MR) is 64.8 cm³/mol. The first-order valence-electron chi connectivity index (χ1n) is 5.58. The van der Waals surface area contributed by atoms with Gasteiger partial charge in [0.05, 0.1) is 12.3 Å². The average molecular weight is 300 g/mol. The molecule has 0 atom stereocenters. The number of nitrogens with zero attached hydrogens (tertiary/aromatic N) is 1. The van der Waals surface area contributed by atoms with Crippen LogP contribution in [0.5, 0.6) is 0 Å². The zero-order valence-corrected chi connectivity index (χ0v) is 11.4. The summed E-state index contributed by atoms with van der Waals surface area (Å²) < 4.78 is 53.5. The molecule has 1 aromatic heterocycles. The highest BCUT2D eigenvalue weighted by atomic mass is 32.1. The summed E-state index contributed by atoms with van der Waals surface area (Å²) in [5.41, 5.74) is 6.01. The van der Waals surface area contributed by atoms with E-state index >= 15 is 0 Å². The number of halogens is 4. The van der Waals surface area contributed by atoms with E-state index < -0.39 is 19.0 Å². The smallest absolute Gasteiger partial charge is 0.330 e. The van der Waals surface area contributed by atoms with Crippen molar-refractivity contribution in [3.8, 4) is 0 Å². The third-order valence-electron chi connectivity index (χ3n) is 2.59. The van der Waals surface area contributed by atoms with E-state index in [-0.39, 0.29) is 12.0 Å². The van der Waals surface area contributed by atoms with Gasteiger partial charge in [0.1, 0.15) is 11.6 Å². The van der Waals surface area contributed by atoms with Gasteiger partial charge in [0.15, 0.2) is 0 Å². The maximum absolute atomic E-state index is 12.6. The van der Waals surface area contributed by atoms with Crippen molar-refractivity contribution in [3.63, 3.8) is 0 Å². The van der Waals surface area contributed by atoms with Crippen LogP contribution in [0, 0.1) is 0 Å². The highest BCUT2D eigenvalue weighted by molar-refractivity contribution is 7.09. The molecule has 0 aliphatic rings. The predicted octanol–water partition coefficient (Wildman–Crippen LogP) is 2.80. The molecule has 0 bridgehead atoms. The Morgan fingerprint density at radius 1 is 1.42 bits per heavy atom. The van der Waals surface area contributed by atoms with Gasteiger partial charge < -0.3 is 10.5 Å². The standard InChI is InChI=1S/C11H16F4N2OS/c1-10(2,5-16)7-4-19-8(17-7)3-18-6-11(14,15)9(12)13/h4,9H,3,5-6,16H2,1-2H3. The maximum Gasteiger partial charge on any atom is 0.330 e. The van der Waals surface area contributed by atoms with Gasteiger partial charge in [0, 0.05) is 17.3 Å². The van der Waals surface area contributed by atoms with Crippen LogP contribution in [0.15, 0.2) is 5.38 Å². The van der Waals surface area contributed by atoms with Crippen molar-refractivity contribution in [1.29, 1.82) is 0 Å². The van der Waals surface area contributed by atoms with Crippen molar-refractivity contribution in [2.75, 3.05) is 13.2 Å². The maximum atomic E-state index is 12.6. The number of rotatable bonds is 7. The Bertz CT molecular complexity index is 409. The molecule has 8 heteroatoms. The molecule has 0 saturated heterocycles. The summed E-state index contributed by atoms with van der Waals surface area (Å²) in [6.07, 6.45) is -3.73. The van der Waals surface area contributed by atoms with Gasteiger partial charge in [-0.3, -0.25) is 0 Å². The van der Waals surface area contributed by atoms with Gasteiger partial charge in [-0.05, 0) is 0 Å². The molecular weight excluding hydrogens is 284 g/mol. The molecule has 0 aliphatic carbocycles. The van der Waals surface area contributed by atoms with Crippen molar-refractivity contribution in [1.82, 2.24) is 4.98 Å². The number of thiazole rings is 1. The second-order valence-electron chi connectivity index (χ2n) is 4.77. The third kappa shape index (κ3) is 4.39. The molecule has 0 fully saturated rings. The van der Waals surface area contributed by atoms with E-state index in [1.54, 1.807) is 5.38 Å². The summed E-state index contributed by atoms with van der Waals surface area (Å²) in [5.74, 6) is -4.13. The van der Waals surface area contributed by atoms with E-state index in [9.17, 15) is 17.6 Å².